The number of aromatic nitrogens is 2. The average Bonchev–Trinajstić information content (AvgIpc) is 2.47. The van der Waals surface area contributed by atoms with E-state index in [0.717, 1.165) is 22.3 Å². The van der Waals surface area contributed by atoms with Crippen LogP contribution in [0.1, 0.15) is 18.5 Å². The molecule has 100 valence electrons. The van der Waals surface area contributed by atoms with Crippen molar-refractivity contribution in [2.24, 2.45) is 0 Å². The van der Waals surface area contributed by atoms with E-state index in [1.807, 2.05) is 30.3 Å². The Labute approximate surface area is 117 Å². The molecule has 0 amide bonds. The van der Waals surface area contributed by atoms with E-state index in [-0.39, 0.29) is 11.8 Å². The van der Waals surface area contributed by atoms with Crippen molar-refractivity contribution in [1.82, 2.24) is 9.97 Å². The Morgan fingerprint density at radius 2 is 1.80 bits per heavy atom. The first-order valence-electron chi connectivity index (χ1n) is 6.48. The first kappa shape index (κ1) is 12.4. The summed E-state index contributed by atoms with van der Waals surface area (Å²) in [6.07, 6.45) is 3.37. The maximum Gasteiger partial charge on any atom is 0.115 e. The van der Waals surface area contributed by atoms with Crippen molar-refractivity contribution in [3.63, 3.8) is 0 Å². The van der Waals surface area contributed by atoms with Crippen LogP contribution in [0.15, 0.2) is 54.9 Å². The number of phenolic OH excluding ortho intramolecular Hbond substituents is 1. The van der Waals surface area contributed by atoms with Gasteiger partial charge >= 0.3 is 0 Å². The summed E-state index contributed by atoms with van der Waals surface area (Å²) in [5.74, 6) is 0.278. The molecule has 3 rings (SSSR count). The first-order chi connectivity index (χ1) is 9.72. The molecular formula is C16H15N3O. The van der Waals surface area contributed by atoms with E-state index in [9.17, 15) is 5.11 Å². The lowest BCUT2D eigenvalue weighted by Crippen LogP contribution is -2.06. The third-order valence-electron chi connectivity index (χ3n) is 3.22. The Balaban J connectivity index is 1.85. The maximum absolute atomic E-state index is 9.52. The van der Waals surface area contributed by atoms with Crippen molar-refractivity contribution in [1.29, 1.82) is 0 Å². The van der Waals surface area contributed by atoms with Crippen molar-refractivity contribution >= 4 is 16.7 Å². The van der Waals surface area contributed by atoms with Crippen LogP contribution in [-0.4, -0.2) is 15.1 Å². The van der Waals surface area contributed by atoms with Crippen LogP contribution in [0.25, 0.3) is 11.0 Å². The summed E-state index contributed by atoms with van der Waals surface area (Å²) < 4.78 is 0. The van der Waals surface area contributed by atoms with Crippen LogP contribution in [0.3, 0.4) is 0 Å². The summed E-state index contributed by atoms with van der Waals surface area (Å²) >= 11 is 0. The molecule has 0 aliphatic rings. The predicted octanol–water partition coefficient (Wildman–Crippen LogP) is 3.51. The van der Waals surface area contributed by atoms with Crippen molar-refractivity contribution in [3.05, 3.63) is 60.4 Å². The van der Waals surface area contributed by atoms with E-state index >= 15 is 0 Å². The lowest BCUT2D eigenvalue weighted by Gasteiger charge is -2.16. The molecule has 3 aromatic rings. The monoisotopic (exact) mass is 265 g/mol. The number of rotatable bonds is 3. The fraction of sp³-hybridized carbons (Fsp3) is 0.125. The summed E-state index contributed by atoms with van der Waals surface area (Å²) in [7, 11) is 0. The Morgan fingerprint density at radius 3 is 2.60 bits per heavy atom. The molecule has 1 atom stereocenters. The van der Waals surface area contributed by atoms with Crippen LogP contribution in [-0.2, 0) is 0 Å². The molecule has 0 radical (unpaired) electrons. The summed E-state index contributed by atoms with van der Waals surface area (Å²) in [6.45, 7) is 2.05. The van der Waals surface area contributed by atoms with Crippen LogP contribution >= 0.6 is 0 Å². The molecule has 1 unspecified atom stereocenters. The highest BCUT2D eigenvalue weighted by atomic mass is 16.3. The average molecular weight is 265 g/mol. The van der Waals surface area contributed by atoms with Crippen LogP contribution in [0.5, 0.6) is 5.75 Å². The van der Waals surface area contributed by atoms with Crippen LogP contribution in [0, 0.1) is 0 Å². The van der Waals surface area contributed by atoms with E-state index in [1.54, 1.807) is 24.5 Å². The minimum atomic E-state index is 0.0937. The van der Waals surface area contributed by atoms with Gasteiger partial charge < -0.3 is 10.4 Å². The standard InChI is InChI=1S/C16H15N3O/c1-11(12-3-2-4-14(20)9-12)19-13-5-6-15-16(10-13)18-8-7-17-15/h2-11,19-20H,1H3. The number of hydrogen-bond donors (Lipinski definition) is 2. The van der Waals surface area contributed by atoms with E-state index in [2.05, 4.69) is 22.2 Å². The van der Waals surface area contributed by atoms with Gasteiger partial charge in [0.05, 0.1) is 11.0 Å². The number of aromatic hydroxyl groups is 1. The highest BCUT2D eigenvalue weighted by molar-refractivity contribution is 5.78. The molecule has 0 fully saturated rings. The van der Waals surface area contributed by atoms with E-state index in [1.165, 1.54) is 0 Å². The SMILES string of the molecule is CC(Nc1ccc2nccnc2c1)c1cccc(O)c1. The first-order valence-corrected chi connectivity index (χ1v) is 6.48. The summed E-state index contributed by atoms with van der Waals surface area (Å²) in [6, 6.07) is 13.3. The number of fused-ring (bicyclic) bond motifs is 1. The molecule has 4 nitrogen and oxygen atoms in total. The van der Waals surface area contributed by atoms with Gasteiger partial charge in [-0.2, -0.15) is 0 Å². The van der Waals surface area contributed by atoms with Crippen LogP contribution in [0.2, 0.25) is 0 Å². The minimum Gasteiger partial charge on any atom is -0.508 e. The molecule has 2 aromatic carbocycles. The Bertz CT molecular complexity index is 742. The molecule has 0 aliphatic heterocycles. The number of nitrogens with one attached hydrogen (secondary N) is 1. The second-order valence-corrected chi connectivity index (χ2v) is 4.72. The topological polar surface area (TPSA) is 58.0 Å². The second kappa shape index (κ2) is 5.17. The molecule has 0 saturated carbocycles. The minimum absolute atomic E-state index is 0.0937. The van der Waals surface area contributed by atoms with Gasteiger partial charge in [0.1, 0.15) is 5.75 Å². The van der Waals surface area contributed by atoms with Crippen molar-refractivity contribution < 1.29 is 5.11 Å². The van der Waals surface area contributed by atoms with Crippen molar-refractivity contribution in [3.8, 4) is 5.75 Å². The third-order valence-corrected chi connectivity index (χ3v) is 3.22. The highest BCUT2D eigenvalue weighted by Crippen LogP contribution is 2.23. The molecule has 0 aliphatic carbocycles. The lowest BCUT2D eigenvalue weighted by molar-refractivity contribution is 0.474. The predicted molar refractivity (Wildman–Crippen MR) is 79.7 cm³/mol. The number of hydrogen-bond acceptors (Lipinski definition) is 4. The summed E-state index contributed by atoms with van der Waals surface area (Å²) in [4.78, 5) is 8.54. The van der Waals surface area contributed by atoms with E-state index in [0.29, 0.717) is 0 Å². The van der Waals surface area contributed by atoms with Gasteiger partial charge in [-0.15, -0.1) is 0 Å². The largest absolute Gasteiger partial charge is 0.508 e. The molecule has 4 heteroatoms. The van der Waals surface area contributed by atoms with Crippen molar-refractivity contribution in [2.75, 3.05) is 5.32 Å². The normalized spacial score (nSPS) is 12.2. The Morgan fingerprint density at radius 1 is 1.00 bits per heavy atom. The zero-order valence-electron chi connectivity index (χ0n) is 11.1. The van der Waals surface area contributed by atoms with Gasteiger partial charge in [-0.05, 0) is 42.8 Å². The maximum atomic E-state index is 9.52. The van der Waals surface area contributed by atoms with E-state index < -0.39 is 0 Å². The highest BCUT2D eigenvalue weighted by Gasteiger charge is 2.06. The van der Waals surface area contributed by atoms with Gasteiger partial charge in [0, 0.05) is 24.1 Å². The van der Waals surface area contributed by atoms with Gasteiger partial charge in [0.15, 0.2) is 0 Å². The molecule has 1 aromatic heterocycles. The van der Waals surface area contributed by atoms with Gasteiger partial charge in [-0.3, -0.25) is 9.97 Å². The quantitative estimate of drug-likeness (QED) is 0.761. The third kappa shape index (κ3) is 2.54. The van der Waals surface area contributed by atoms with Gasteiger partial charge in [-0.25, -0.2) is 0 Å². The second-order valence-electron chi connectivity index (χ2n) is 4.72. The summed E-state index contributed by atoms with van der Waals surface area (Å²) in [5.41, 5.74) is 3.75. The molecule has 1 heterocycles. The molecular weight excluding hydrogens is 250 g/mol. The molecule has 0 spiro atoms. The molecule has 0 saturated heterocycles. The zero-order valence-corrected chi connectivity index (χ0v) is 11.1. The van der Waals surface area contributed by atoms with Crippen LogP contribution < -0.4 is 5.32 Å². The Hall–Kier alpha value is -2.62. The smallest absolute Gasteiger partial charge is 0.115 e. The fourth-order valence-corrected chi connectivity index (χ4v) is 2.18. The number of phenols is 1. The number of nitrogens with zero attached hydrogens (tertiary/aromatic N) is 2. The zero-order chi connectivity index (χ0) is 13.9. The molecule has 0 bridgehead atoms. The van der Waals surface area contributed by atoms with E-state index in [4.69, 9.17) is 0 Å². The lowest BCUT2D eigenvalue weighted by atomic mass is 10.1. The van der Waals surface area contributed by atoms with Crippen LogP contribution in [0.4, 0.5) is 5.69 Å². The number of anilines is 1. The van der Waals surface area contributed by atoms with Gasteiger partial charge in [-0.1, -0.05) is 12.1 Å². The number of benzene rings is 2. The fourth-order valence-electron chi connectivity index (χ4n) is 2.18. The molecule has 20 heavy (non-hydrogen) atoms. The van der Waals surface area contributed by atoms with Gasteiger partial charge in [0.25, 0.3) is 0 Å². The molecule has 2 N–H and O–H groups in total. The Kier molecular flexibility index (Phi) is 3.21. The van der Waals surface area contributed by atoms with Crippen molar-refractivity contribution in [2.45, 2.75) is 13.0 Å². The van der Waals surface area contributed by atoms with Gasteiger partial charge in [0.2, 0.25) is 0 Å². The summed E-state index contributed by atoms with van der Waals surface area (Å²) in [5, 5.41) is 12.9.